The van der Waals surface area contributed by atoms with E-state index < -0.39 is 0 Å². The van der Waals surface area contributed by atoms with Crippen LogP contribution in [0.5, 0.6) is 0 Å². The third-order valence-corrected chi connectivity index (χ3v) is 3.21. The van der Waals surface area contributed by atoms with Gasteiger partial charge >= 0.3 is 0 Å². The minimum atomic E-state index is -0.115. The van der Waals surface area contributed by atoms with Crippen molar-refractivity contribution < 1.29 is 0 Å². The Labute approximate surface area is 93.7 Å². The van der Waals surface area contributed by atoms with Crippen LogP contribution in [0.4, 0.5) is 0 Å². The molecule has 1 aromatic carbocycles. The van der Waals surface area contributed by atoms with Crippen molar-refractivity contribution in [1.29, 1.82) is 0 Å². The van der Waals surface area contributed by atoms with Gasteiger partial charge in [0.2, 0.25) is 0 Å². The van der Waals surface area contributed by atoms with E-state index in [1.54, 1.807) is 0 Å². The molecule has 0 radical (unpaired) electrons. The Morgan fingerprint density at radius 1 is 1.07 bits per heavy atom. The molecule has 1 atom stereocenters. The van der Waals surface area contributed by atoms with Crippen LogP contribution in [-0.4, -0.2) is 0 Å². The summed E-state index contributed by atoms with van der Waals surface area (Å²) in [6.45, 7) is 4.41. The zero-order chi connectivity index (χ0) is 11.1. The van der Waals surface area contributed by atoms with Gasteiger partial charge in [0.1, 0.15) is 0 Å². The van der Waals surface area contributed by atoms with Crippen LogP contribution in [0.15, 0.2) is 30.3 Å². The first kappa shape index (κ1) is 12.3. The molecule has 1 rings (SSSR count). The van der Waals surface area contributed by atoms with Crippen molar-refractivity contribution >= 4 is 0 Å². The number of rotatable bonds is 6. The molecule has 0 saturated heterocycles. The van der Waals surface area contributed by atoms with Crippen LogP contribution >= 0.6 is 0 Å². The van der Waals surface area contributed by atoms with E-state index in [1.165, 1.54) is 24.8 Å². The highest BCUT2D eigenvalue weighted by molar-refractivity contribution is 5.23. The van der Waals surface area contributed by atoms with Gasteiger partial charge in [0.15, 0.2) is 0 Å². The van der Waals surface area contributed by atoms with Gasteiger partial charge in [0.25, 0.3) is 0 Å². The molecule has 1 unspecified atom stereocenters. The molecule has 0 aromatic heterocycles. The Morgan fingerprint density at radius 2 is 1.73 bits per heavy atom. The quantitative estimate of drug-likeness (QED) is 0.702. The highest BCUT2D eigenvalue weighted by atomic mass is 14.7. The standard InChI is InChI=1S/C14H23N/c1-3-5-9-12-14(15,4-2)13-10-7-6-8-11-13/h6-8,10-11H,3-5,9,12,15H2,1-2H3. The van der Waals surface area contributed by atoms with E-state index in [0.717, 1.165) is 12.8 Å². The molecule has 0 bridgehead atoms. The summed E-state index contributed by atoms with van der Waals surface area (Å²) in [5, 5.41) is 0. The summed E-state index contributed by atoms with van der Waals surface area (Å²) < 4.78 is 0. The highest BCUT2D eigenvalue weighted by Gasteiger charge is 2.23. The van der Waals surface area contributed by atoms with E-state index in [9.17, 15) is 0 Å². The summed E-state index contributed by atoms with van der Waals surface area (Å²) in [6.07, 6.45) is 5.89. The Balaban J connectivity index is 2.67. The molecule has 0 spiro atoms. The van der Waals surface area contributed by atoms with E-state index in [2.05, 4.69) is 38.1 Å². The number of unbranched alkanes of at least 4 members (excludes halogenated alkanes) is 2. The Morgan fingerprint density at radius 3 is 2.27 bits per heavy atom. The zero-order valence-corrected chi connectivity index (χ0v) is 10.00. The maximum absolute atomic E-state index is 6.46. The summed E-state index contributed by atoms with van der Waals surface area (Å²) in [4.78, 5) is 0. The summed E-state index contributed by atoms with van der Waals surface area (Å²) in [5.74, 6) is 0. The maximum atomic E-state index is 6.46. The first-order valence-electron chi connectivity index (χ1n) is 6.07. The third-order valence-electron chi connectivity index (χ3n) is 3.21. The number of nitrogens with two attached hydrogens (primary N) is 1. The lowest BCUT2D eigenvalue weighted by molar-refractivity contribution is 0.376. The summed E-state index contributed by atoms with van der Waals surface area (Å²) in [7, 11) is 0. The van der Waals surface area contributed by atoms with Crippen molar-refractivity contribution in [1.82, 2.24) is 0 Å². The lowest BCUT2D eigenvalue weighted by Crippen LogP contribution is -2.35. The van der Waals surface area contributed by atoms with Gasteiger partial charge in [0, 0.05) is 5.54 Å². The molecular weight excluding hydrogens is 182 g/mol. The van der Waals surface area contributed by atoms with Crippen LogP contribution in [-0.2, 0) is 5.54 Å². The molecule has 84 valence electrons. The van der Waals surface area contributed by atoms with Crippen molar-refractivity contribution in [2.45, 2.75) is 51.5 Å². The second-order valence-corrected chi connectivity index (χ2v) is 4.33. The van der Waals surface area contributed by atoms with Crippen LogP contribution in [0.1, 0.15) is 51.5 Å². The van der Waals surface area contributed by atoms with Gasteiger partial charge in [-0.15, -0.1) is 0 Å². The lowest BCUT2D eigenvalue weighted by atomic mass is 9.83. The molecule has 0 saturated carbocycles. The molecule has 1 aromatic rings. The second-order valence-electron chi connectivity index (χ2n) is 4.33. The first-order chi connectivity index (χ1) is 7.23. The molecule has 0 amide bonds. The van der Waals surface area contributed by atoms with E-state index >= 15 is 0 Å². The van der Waals surface area contributed by atoms with Crippen LogP contribution < -0.4 is 5.73 Å². The fourth-order valence-corrected chi connectivity index (χ4v) is 1.99. The minimum absolute atomic E-state index is 0.115. The molecule has 0 aliphatic heterocycles. The predicted molar refractivity (Wildman–Crippen MR) is 66.7 cm³/mol. The molecule has 15 heavy (non-hydrogen) atoms. The van der Waals surface area contributed by atoms with Crippen LogP contribution in [0, 0.1) is 0 Å². The fraction of sp³-hybridized carbons (Fsp3) is 0.571. The van der Waals surface area contributed by atoms with E-state index in [0.29, 0.717) is 0 Å². The van der Waals surface area contributed by atoms with Crippen molar-refractivity contribution in [3.05, 3.63) is 35.9 Å². The van der Waals surface area contributed by atoms with Crippen LogP contribution in [0.25, 0.3) is 0 Å². The van der Waals surface area contributed by atoms with Gasteiger partial charge in [-0.05, 0) is 18.4 Å². The fourth-order valence-electron chi connectivity index (χ4n) is 1.99. The molecule has 0 aliphatic carbocycles. The van der Waals surface area contributed by atoms with E-state index in [4.69, 9.17) is 5.73 Å². The first-order valence-corrected chi connectivity index (χ1v) is 6.07. The van der Waals surface area contributed by atoms with Gasteiger partial charge in [-0.3, -0.25) is 0 Å². The number of benzene rings is 1. The summed E-state index contributed by atoms with van der Waals surface area (Å²) >= 11 is 0. The average Bonchev–Trinajstić information content (AvgIpc) is 2.30. The number of hydrogen-bond acceptors (Lipinski definition) is 1. The second kappa shape index (κ2) is 5.92. The van der Waals surface area contributed by atoms with Crippen LogP contribution in [0.2, 0.25) is 0 Å². The van der Waals surface area contributed by atoms with Gasteiger partial charge in [-0.2, -0.15) is 0 Å². The molecule has 1 nitrogen and oxygen atoms in total. The largest absolute Gasteiger partial charge is 0.321 e. The van der Waals surface area contributed by atoms with E-state index in [1.807, 2.05) is 6.07 Å². The molecule has 0 heterocycles. The topological polar surface area (TPSA) is 26.0 Å². The van der Waals surface area contributed by atoms with Crippen LogP contribution in [0.3, 0.4) is 0 Å². The summed E-state index contributed by atoms with van der Waals surface area (Å²) in [5.41, 5.74) is 7.63. The normalized spacial score (nSPS) is 14.9. The average molecular weight is 205 g/mol. The Hall–Kier alpha value is -0.820. The molecular formula is C14H23N. The minimum Gasteiger partial charge on any atom is -0.321 e. The highest BCUT2D eigenvalue weighted by Crippen LogP contribution is 2.27. The smallest absolute Gasteiger partial charge is 0.0407 e. The van der Waals surface area contributed by atoms with Crippen molar-refractivity contribution in [2.75, 3.05) is 0 Å². The Bertz CT molecular complexity index is 268. The molecule has 0 aliphatic rings. The van der Waals surface area contributed by atoms with Gasteiger partial charge in [0.05, 0.1) is 0 Å². The Kier molecular flexibility index (Phi) is 4.83. The zero-order valence-electron chi connectivity index (χ0n) is 10.00. The van der Waals surface area contributed by atoms with E-state index in [-0.39, 0.29) is 5.54 Å². The SMILES string of the molecule is CCCCCC(N)(CC)c1ccccc1. The van der Waals surface area contributed by atoms with Crippen molar-refractivity contribution in [2.24, 2.45) is 5.73 Å². The number of hydrogen-bond donors (Lipinski definition) is 1. The maximum Gasteiger partial charge on any atom is 0.0407 e. The molecule has 0 fully saturated rings. The monoisotopic (exact) mass is 205 g/mol. The van der Waals surface area contributed by atoms with Gasteiger partial charge < -0.3 is 5.73 Å². The van der Waals surface area contributed by atoms with Gasteiger partial charge in [-0.25, -0.2) is 0 Å². The van der Waals surface area contributed by atoms with Crippen molar-refractivity contribution in [3.63, 3.8) is 0 Å². The predicted octanol–water partition coefficient (Wildman–Crippen LogP) is 3.83. The summed E-state index contributed by atoms with van der Waals surface area (Å²) in [6, 6.07) is 10.5. The van der Waals surface area contributed by atoms with Gasteiger partial charge in [-0.1, -0.05) is 63.4 Å². The molecule has 1 heteroatoms. The third kappa shape index (κ3) is 3.35. The van der Waals surface area contributed by atoms with Crippen molar-refractivity contribution in [3.8, 4) is 0 Å². The lowest BCUT2D eigenvalue weighted by Gasteiger charge is -2.29. The molecule has 2 N–H and O–H groups in total.